The molecule has 0 saturated carbocycles. The van der Waals surface area contributed by atoms with Crippen LogP contribution in [0.4, 0.5) is 5.69 Å². The van der Waals surface area contributed by atoms with Crippen LogP contribution >= 0.6 is 23.4 Å². The third kappa shape index (κ3) is 4.59. The molecule has 3 rings (SSSR count). The van der Waals surface area contributed by atoms with E-state index in [1.807, 2.05) is 59.2 Å². The van der Waals surface area contributed by atoms with Gasteiger partial charge in [-0.1, -0.05) is 47.6 Å². The van der Waals surface area contributed by atoms with Gasteiger partial charge in [0, 0.05) is 29.9 Å². The predicted octanol–water partition coefficient (Wildman–Crippen LogP) is 4.54. The molecule has 0 radical (unpaired) electrons. The molecule has 1 amide bonds. The summed E-state index contributed by atoms with van der Waals surface area (Å²) >= 11 is 7.33. The molecule has 0 fully saturated rings. The van der Waals surface area contributed by atoms with E-state index >= 15 is 0 Å². The topological polar surface area (TPSA) is 51.0 Å². The van der Waals surface area contributed by atoms with Crippen molar-refractivity contribution in [2.24, 2.45) is 0 Å². The molecule has 0 bridgehead atoms. The van der Waals surface area contributed by atoms with Gasteiger partial charge >= 0.3 is 0 Å². The van der Waals surface area contributed by atoms with Crippen molar-refractivity contribution in [3.63, 3.8) is 0 Å². The van der Waals surface area contributed by atoms with E-state index in [1.165, 1.54) is 11.8 Å². The molecule has 0 saturated heterocycles. The molecule has 2 aromatic carbocycles. The molecule has 7 heteroatoms. The average molecular weight is 399 g/mol. The molecule has 138 valence electrons. The Labute approximate surface area is 167 Å². The van der Waals surface area contributed by atoms with Gasteiger partial charge in [-0.05, 0) is 36.4 Å². The van der Waals surface area contributed by atoms with Crippen molar-refractivity contribution in [2.75, 3.05) is 17.7 Å². The molecule has 27 heavy (non-hydrogen) atoms. The minimum absolute atomic E-state index is 0.00704. The molecule has 1 aromatic heterocycles. The Morgan fingerprint density at radius 1 is 1.19 bits per heavy atom. The van der Waals surface area contributed by atoms with Crippen LogP contribution in [0.5, 0.6) is 0 Å². The zero-order valence-corrected chi connectivity index (χ0v) is 16.5. The lowest BCUT2D eigenvalue weighted by Gasteiger charge is -2.17. The second-order valence-corrected chi connectivity index (χ2v) is 7.17. The van der Waals surface area contributed by atoms with Crippen molar-refractivity contribution in [3.8, 4) is 11.4 Å². The number of nitrogens with zero attached hydrogens (tertiary/aromatic N) is 4. The highest BCUT2D eigenvalue weighted by Gasteiger charge is 2.17. The summed E-state index contributed by atoms with van der Waals surface area (Å²) < 4.78 is 1.94. The Bertz CT molecular complexity index is 925. The fraction of sp³-hybridized carbons (Fsp3) is 0.150. The molecule has 0 unspecified atom stereocenters. The Balaban J connectivity index is 1.76. The average Bonchev–Trinajstić information content (AvgIpc) is 3.09. The molecular formula is C20H19ClN4OS. The first-order valence-electron chi connectivity index (χ1n) is 8.34. The lowest BCUT2D eigenvalue weighted by atomic mass is 10.2. The molecular weight excluding hydrogens is 380 g/mol. The summed E-state index contributed by atoms with van der Waals surface area (Å²) in [6.45, 7) is 4.36. The van der Waals surface area contributed by atoms with Crippen LogP contribution in [0.3, 0.4) is 0 Å². The molecule has 0 aliphatic heterocycles. The summed E-state index contributed by atoms with van der Waals surface area (Å²) in [5, 5.41) is 9.89. The van der Waals surface area contributed by atoms with Crippen molar-refractivity contribution in [1.82, 2.24) is 14.8 Å². The Morgan fingerprint density at radius 2 is 1.89 bits per heavy atom. The third-order valence-electron chi connectivity index (χ3n) is 3.97. The summed E-state index contributed by atoms with van der Waals surface area (Å²) in [6, 6.07) is 17.0. The van der Waals surface area contributed by atoms with E-state index in [9.17, 15) is 4.79 Å². The number of thioether (sulfide) groups is 1. The van der Waals surface area contributed by atoms with Gasteiger partial charge in [-0.15, -0.1) is 16.8 Å². The van der Waals surface area contributed by atoms with Crippen LogP contribution in [0.25, 0.3) is 11.4 Å². The first-order chi connectivity index (χ1) is 13.1. The lowest BCUT2D eigenvalue weighted by Crippen LogP contribution is -2.27. The number of benzene rings is 2. The molecule has 0 aliphatic carbocycles. The van der Waals surface area contributed by atoms with Crippen LogP contribution in [0, 0.1) is 0 Å². The number of halogens is 1. The number of carbonyl (C=O) groups is 1. The van der Waals surface area contributed by atoms with Crippen LogP contribution in [-0.4, -0.2) is 33.5 Å². The maximum atomic E-state index is 12.5. The van der Waals surface area contributed by atoms with E-state index in [0.29, 0.717) is 16.7 Å². The van der Waals surface area contributed by atoms with E-state index in [0.717, 1.165) is 17.1 Å². The SMILES string of the molecule is C=CCn1c(SCC(=O)N(C)c2ccccc2)nnc1-c1ccc(Cl)cc1. The smallest absolute Gasteiger partial charge is 0.237 e. The summed E-state index contributed by atoms with van der Waals surface area (Å²) in [6.07, 6.45) is 1.78. The Morgan fingerprint density at radius 3 is 2.56 bits per heavy atom. The standard InChI is InChI=1S/C20H19ClN4OS/c1-3-13-25-19(15-9-11-16(21)12-10-15)22-23-20(25)27-14-18(26)24(2)17-7-5-4-6-8-17/h3-12H,1,13-14H2,2H3. The van der Waals surface area contributed by atoms with E-state index in [4.69, 9.17) is 11.6 Å². The maximum absolute atomic E-state index is 12.5. The van der Waals surface area contributed by atoms with Crippen LogP contribution in [0.1, 0.15) is 0 Å². The second kappa shape index (κ2) is 8.88. The molecule has 0 atom stereocenters. The predicted molar refractivity (Wildman–Crippen MR) is 111 cm³/mol. The first-order valence-corrected chi connectivity index (χ1v) is 9.71. The maximum Gasteiger partial charge on any atom is 0.237 e. The minimum Gasteiger partial charge on any atom is -0.315 e. The zero-order chi connectivity index (χ0) is 19.2. The van der Waals surface area contributed by atoms with Gasteiger partial charge in [-0.3, -0.25) is 9.36 Å². The van der Waals surface area contributed by atoms with Gasteiger partial charge in [0.15, 0.2) is 11.0 Å². The van der Waals surface area contributed by atoms with Crippen molar-refractivity contribution in [1.29, 1.82) is 0 Å². The van der Waals surface area contributed by atoms with E-state index in [2.05, 4.69) is 16.8 Å². The van der Waals surface area contributed by atoms with Crippen LogP contribution in [0.2, 0.25) is 5.02 Å². The van der Waals surface area contributed by atoms with Gasteiger partial charge in [-0.2, -0.15) is 0 Å². The van der Waals surface area contributed by atoms with Gasteiger partial charge in [0.2, 0.25) is 5.91 Å². The van der Waals surface area contributed by atoms with E-state index in [-0.39, 0.29) is 11.7 Å². The fourth-order valence-electron chi connectivity index (χ4n) is 2.52. The number of carbonyl (C=O) groups excluding carboxylic acids is 1. The second-order valence-electron chi connectivity index (χ2n) is 5.79. The number of aromatic nitrogens is 3. The van der Waals surface area contributed by atoms with Crippen LogP contribution < -0.4 is 4.90 Å². The number of para-hydroxylation sites is 1. The Hall–Kier alpha value is -2.57. The lowest BCUT2D eigenvalue weighted by molar-refractivity contribution is -0.115. The molecule has 0 N–H and O–H groups in total. The monoisotopic (exact) mass is 398 g/mol. The quantitative estimate of drug-likeness (QED) is 0.433. The summed E-state index contributed by atoms with van der Waals surface area (Å²) in [4.78, 5) is 14.2. The van der Waals surface area contributed by atoms with Gasteiger partial charge in [0.1, 0.15) is 0 Å². The largest absolute Gasteiger partial charge is 0.315 e. The van der Waals surface area contributed by atoms with Crippen LogP contribution in [-0.2, 0) is 11.3 Å². The minimum atomic E-state index is -0.00704. The molecule has 0 aliphatic rings. The molecule has 3 aromatic rings. The van der Waals surface area contributed by atoms with Gasteiger partial charge in [0.05, 0.1) is 5.75 Å². The highest BCUT2D eigenvalue weighted by molar-refractivity contribution is 7.99. The third-order valence-corrected chi connectivity index (χ3v) is 5.18. The highest BCUT2D eigenvalue weighted by Crippen LogP contribution is 2.25. The normalized spacial score (nSPS) is 10.6. The number of amides is 1. The first kappa shape index (κ1) is 19.2. The van der Waals surface area contributed by atoms with E-state index < -0.39 is 0 Å². The molecule has 1 heterocycles. The Kier molecular flexibility index (Phi) is 6.32. The summed E-state index contributed by atoms with van der Waals surface area (Å²) in [7, 11) is 1.77. The number of hydrogen-bond acceptors (Lipinski definition) is 4. The molecule has 0 spiro atoms. The van der Waals surface area contributed by atoms with Gasteiger partial charge < -0.3 is 4.90 Å². The van der Waals surface area contributed by atoms with Gasteiger partial charge in [-0.25, -0.2) is 0 Å². The van der Waals surface area contributed by atoms with Crippen molar-refractivity contribution >= 4 is 35.0 Å². The summed E-state index contributed by atoms with van der Waals surface area (Å²) in [5.41, 5.74) is 1.77. The van der Waals surface area contributed by atoms with E-state index in [1.54, 1.807) is 18.0 Å². The van der Waals surface area contributed by atoms with Gasteiger partial charge in [0.25, 0.3) is 0 Å². The summed E-state index contributed by atoms with van der Waals surface area (Å²) in [5.74, 6) is 0.978. The fourth-order valence-corrected chi connectivity index (χ4v) is 3.51. The number of allylic oxidation sites excluding steroid dienone is 1. The van der Waals surface area contributed by atoms with Crippen molar-refractivity contribution in [3.05, 3.63) is 72.3 Å². The number of anilines is 1. The number of hydrogen-bond donors (Lipinski definition) is 0. The van der Waals surface area contributed by atoms with Crippen molar-refractivity contribution in [2.45, 2.75) is 11.7 Å². The highest BCUT2D eigenvalue weighted by atomic mass is 35.5. The van der Waals surface area contributed by atoms with Crippen molar-refractivity contribution < 1.29 is 4.79 Å². The zero-order valence-electron chi connectivity index (χ0n) is 14.9. The molecule has 5 nitrogen and oxygen atoms in total. The van der Waals surface area contributed by atoms with Crippen LogP contribution in [0.15, 0.2) is 72.4 Å². The number of rotatable bonds is 7.